The van der Waals surface area contributed by atoms with Gasteiger partial charge in [0.1, 0.15) is 0 Å². The summed E-state index contributed by atoms with van der Waals surface area (Å²) in [6.07, 6.45) is 0. The van der Waals surface area contributed by atoms with Crippen molar-refractivity contribution in [3.05, 3.63) is 21.9 Å². The van der Waals surface area contributed by atoms with E-state index in [1.165, 1.54) is 10.4 Å². The van der Waals surface area contributed by atoms with Crippen molar-refractivity contribution in [2.45, 2.75) is 26.4 Å². The molecule has 0 saturated heterocycles. The van der Waals surface area contributed by atoms with Crippen LogP contribution in [0.2, 0.25) is 0 Å². The minimum Gasteiger partial charge on any atom is -0.347 e. The van der Waals surface area contributed by atoms with Gasteiger partial charge in [0.2, 0.25) is 5.91 Å². The van der Waals surface area contributed by atoms with Gasteiger partial charge in [-0.25, -0.2) is 0 Å². The summed E-state index contributed by atoms with van der Waals surface area (Å²) in [5.41, 5.74) is 1.29. The van der Waals surface area contributed by atoms with Crippen molar-refractivity contribution in [3.8, 4) is 0 Å². The van der Waals surface area contributed by atoms with Crippen molar-refractivity contribution in [1.29, 1.82) is 0 Å². The zero-order valence-electron chi connectivity index (χ0n) is 9.70. The largest absolute Gasteiger partial charge is 0.347 e. The maximum Gasteiger partial charge on any atom is 0.238 e. The summed E-state index contributed by atoms with van der Waals surface area (Å²) in [6, 6.07) is 1.97. The summed E-state index contributed by atoms with van der Waals surface area (Å²) in [6.45, 7) is 4.75. The van der Waals surface area contributed by atoms with Gasteiger partial charge in [-0.2, -0.15) is 0 Å². The monoisotopic (exact) mass is 226 g/mol. The molecule has 1 aromatic rings. The van der Waals surface area contributed by atoms with E-state index < -0.39 is 0 Å². The van der Waals surface area contributed by atoms with Crippen molar-refractivity contribution >= 4 is 17.2 Å². The molecule has 1 N–H and O–H groups in total. The number of carbonyl (C=O) groups excluding carboxylic acids is 1. The van der Waals surface area contributed by atoms with Crippen LogP contribution in [0.4, 0.5) is 0 Å². The maximum absolute atomic E-state index is 11.6. The van der Waals surface area contributed by atoms with Crippen LogP contribution in [0, 0.1) is 6.92 Å². The first-order valence-electron chi connectivity index (χ1n) is 5.00. The highest BCUT2D eigenvalue weighted by Gasteiger charge is 2.14. The van der Waals surface area contributed by atoms with Crippen LogP contribution in [-0.4, -0.2) is 30.9 Å². The lowest BCUT2D eigenvalue weighted by molar-refractivity contribution is -0.130. The number of nitrogens with zero attached hydrogens (tertiary/aromatic N) is 1. The van der Waals surface area contributed by atoms with Gasteiger partial charge in [0.25, 0.3) is 0 Å². The third kappa shape index (κ3) is 3.32. The minimum atomic E-state index is -0.124. The Bertz CT molecular complexity index is 333. The standard InChI is InChI=1S/C11H18N2OS/c1-8-5-6-15-10(8)7-12-9(2)11(14)13(3)4/h5-6,9,12H,7H2,1-4H3/t9-/m1/s1. The number of nitrogens with one attached hydrogen (secondary N) is 1. The van der Waals surface area contributed by atoms with Crippen molar-refractivity contribution in [1.82, 2.24) is 10.2 Å². The van der Waals surface area contributed by atoms with E-state index in [-0.39, 0.29) is 11.9 Å². The molecule has 1 aromatic heterocycles. The number of hydrogen-bond donors (Lipinski definition) is 1. The third-order valence-corrected chi connectivity index (χ3v) is 3.37. The van der Waals surface area contributed by atoms with Gasteiger partial charge in [0.05, 0.1) is 6.04 Å². The van der Waals surface area contributed by atoms with Gasteiger partial charge < -0.3 is 10.2 Å². The Morgan fingerprint density at radius 2 is 2.27 bits per heavy atom. The fourth-order valence-corrected chi connectivity index (χ4v) is 2.16. The maximum atomic E-state index is 11.6. The molecule has 0 unspecified atom stereocenters. The Labute approximate surface area is 95.1 Å². The predicted molar refractivity (Wildman–Crippen MR) is 64.1 cm³/mol. The van der Waals surface area contributed by atoms with E-state index in [1.54, 1.807) is 30.3 Å². The molecule has 15 heavy (non-hydrogen) atoms. The molecule has 0 radical (unpaired) electrons. The van der Waals surface area contributed by atoms with Gasteiger partial charge in [-0.3, -0.25) is 4.79 Å². The van der Waals surface area contributed by atoms with Crippen LogP contribution >= 0.6 is 11.3 Å². The lowest BCUT2D eigenvalue weighted by Gasteiger charge is -2.17. The van der Waals surface area contributed by atoms with Crippen LogP contribution < -0.4 is 5.32 Å². The summed E-state index contributed by atoms with van der Waals surface area (Å²) < 4.78 is 0. The van der Waals surface area contributed by atoms with Crippen LogP contribution in [0.15, 0.2) is 11.4 Å². The number of hydrogen-bond acceptors (Lipinski definition) is 3. The number of aryl methyl sites for hydroxylation is 1. The number of likely N-dealkylation sites (N-methyl/N-ethyl adjacent to an activating group) is 1. The summed E-state index contributed by atoms with van der Waals surface area (Å²) in [5.74, 6) is 0.115. The average molecular weight is 226 g/mol. The highest BCUT2D eigenvalue weighted by molar-refractivity contribution is 7.10. The van der Waals surface area contributed by atoms with Crippen molar-refractivity contribution < 1.29 is 4.79 Å². The van der Waals surface area contributed by atoms with Gasteiger partial charge in [-0.1, -0.05) is 0 Å². The van der Waals surface area contributed by atoms with E-state index >= 15 is 0 Å². The molecule has 4 heteroatoms. The summed E-state index contributed by atoms with van der Waals surface area (Å²) in [4.78, 5) is 14.5. The van der Waals surface area contributed by atoms with E-state index in [9.17, 15) is 4.79 Å². The minimum absolute atomic E-state index is 0.115. The first-order valence-corrected chi connectivity index (χ1v) is 5.88. The van der Waals surface area contributed by atoms with Crippen LogP contribution in [0.1, 0.15) is 17.4 Å². The summed E-state index contributed by atoms with van der Waals surface area (Å²) in [7, 11) is 3.55. The Kier molecular flexibility index (Phi) is 4.29. The number of amides is 1. The second-order valence-electron chi connectivity index (χ2n) is 3.86. The zero-order valence-corrected chi connectivity index (χ0v) is 10.5. The van der Waals surface area contributed by atoms with Crippen LogP contribution in [0.25, 0.3) is 0 Å². The molecule has 0 fully saturated rings. The van der Waals surface area contributed by atoms with E-state index in [0.717, 1.165) is 6.54 Å². The second kappa shape index (κ2) is 5.28. The average Bonchev–Trinajstić information content (AvgIpc) is 2.59. The Morgan fingerprint density at radius 1 is 1.60 bits per heavy atom. The van der Waals surface area contributed by atoms with Gasteiger partial charge in [-0.15, -0.1) is 11.3 Å². The molecule has 0 bridgehead atoms. The molecule has 0 aromatic carbocycles. The fourth-order valence-electron chi connectivity index (χ4n) is 1.31. The van der Waals surface area contributed by atoms with Gasteiger partial charge in [0, 0.05) is 25.5 Å². The zero-order chi connectivity index (χ0) is 11.4. The van der Waals surface area contributed by atoms with Crippen LogP contribution in [0.3, 0.4) is 0 Å². The lowest BCUT2D eigenvalue weighted by atomic mass is 10.2. The Morgan fingerprint density at radius 3 is 2.73 bits per heavy atom. The third-order valence-electron chi connectivity index (χ3n) is 2.35. The van der Waals surface area contributed by atoms with Gasteiger partial charge >= 0.3 is 0 Å². The molecule has 3 nitrogen and oxygen atoms in total. The summed E-state index contributed by atoms with van der Waals surface area (Å²) in [5, 5.41) is 5.30. The lowest BCUT2D eigenvalue weighted by Crippen LogP contribution is -2.41. The molecule has 1 heterocycles. The van der Waals surface area contributed by atoms with E-state index in [0.29, 0.717) is 0 Å². The molecule has 1 rings (SSSR count). The molecule has 0 saturated carbocycles. The van der Waals surface area contributed by atoms with E-state index in [2.05, 4.69) is 23.7 Å². The molecule has 0 spiro atoms. The molecule has 0 aliphatic rings. The topological polar surface area (TPSA) is 32.3 Å². The quantitative estimate of drug-likeness (QED) is 0.846. The normalized spacial score (nSPS) is 12.5. The van der Waals surface area contributed by atoms with Crippen molar-refractivity contribution in [3.63, 3.8) is 0 Å². The molecular formula is C11H18N2OS. The van der Waals surface area contributed by atoms with E-state index in [1.807, 2.05) is 6.92 Å². The molecule has 84 valence electrons. The summed E-state index contributed by atoms with van der Waals surface area (Å²) >= 11 is 1.72. The molecule has 1 amide bonds. The van der Waals surface area contributed by atoms with Crippen LogP contribution in [0.5, 0.6) is 0 Å². The molecule has 0 aliphatic heterocycles. The van der Waals surface area contributed by atoms with E-state index in [4.69, 9.17) is 0 Å². The fraction of sp³-hybridized carbons (Fsp3) is 0.545. The first kappa shape index (κ1) is 12.2. The van der Waals surface area contributed by atoms with Gasteiger partial charge in [0.15, 0.2) is 0 Å². The Hall–Kier alpha value is -0.870. The smallest absolute Gasteiger partial charge is 0.238 e. The van der Waals surface area contributed by atoms with Crippen molar-refractivity contribution in [2.24, 2.45) is 0 Å². The highest BCUT2D eigenvalue weighted by Crippen LogP contribution is 2.15. The van der Waals surface area contributed by atoms with Gasteiger partial charge in [-0.05, 0) is 30.9 Å². The number of rotatable bonds is 4. The number of thiophene rings is 1. The second-order valence-corrected chi connectivity index (χ2v) is 4.86. The predicted octanol–water partition coefficient (Wildman–Crippen LogP) is 1.62. The first-order chi connectivity index (χ1) is 7.02. The SMILES string of the molecule is Cc1ccsc1CN[C@H](C)C(=O)N(C)C. The Balaban J connectivity index is 2.44. The molecular weight excluding hydrogens is 208 g/mol. The molecule has 0 aliphatic carbocycles. The van der Waals surface area contributed by atoms with Crippen molar-refractivity contribution in [2.75, 3.05) is 14.1 Å². The van der Waals surface area contributed by atoms with Crippen LogP contribution in [-0.2, 0) is 11.3 Å². The number of carbonyl (C=O) groups is 1. The molecule has 1 atom stereocenters. The highest BCUT2D eigenvalue weighted by atomic mass is 32.1.